The van der Waals surface area contributed by atoms with Crippen molar-refractivity contribution in [2.75, 3.05) is 0 Å². The van der Waals surface area contributed by atoms with Crippen LogP contribution in [0, 0.1) is 33.8 Å². The molecule has 0 atom stereocenters. The Morgan fingerprint density at radius 3 is 0.884 bits per heavy atom. The Bertz CT molecular complexity index is 1110. The van der Waals surface area contributed by atoms with Gasteiger partial charge in [-0.15, -0.1) is 0 Å². The summed E-state index contributed by atoms with van der Waals surface area (Å²) in [7, 11) is 0. The second-order valence-corrected chi connectivity index (χ2v) is 15.7. The molecule has 0 aliphatic heterocycles. The molecule has 0 radical (unpaired) electrons. The summed E-state index contributed by atoms with van der Waals surface area (Å²) in [6, 6.07) is 12.7. The number of benzene rings is 2. The van der Waals surface area contributed by atoms with Gasteiger partial charge in [0.15, 0.2) is 0 Å². The molecule has 0 unspecified atom stereocenters. The largest absolute Gasteiger partial charge is 2.00 e. The molecule has 0 aromatic heterocycles. The molecular weight excluding hydrogens is 651 g/mol. The molecule has 2 aliphatic rings. The van der Waals surface area contributed by atoms with E-state index in [-0.39, 0.29) is 59.4 Å². The third kappa shape index (κ3) is 16.4. The Kier molecular flexibility index (Phi) is 16.6. The van der Waals surface area contributed by atoms with Crippen LogP contribution in [0.4, 0.5) is 0 Å². The van der Waals surface area contributed by atoms with Gasteiger partial charge < -0.3 is 10.2 Å². The zero-order chi connectivity index (χ0) is 32.5. The van der Waals surface area contributed by atoms with Crippen molar-refractivity contribution in [3.8, 4) is 11.5 Å². The number of hydrogen-bond acceptors (Lipinski definition) is 2. The first-order valence-electron chi connectivity index (χ1n) is 14.6. The van der Waals surface area contributed by atoms with Crippen LogP contribution in [-0.4, -0.2) is 10.2 Å². The van der Waals surface area contributed by atoms with E-state index in [4.69, 9.17) is 33.4 Å². The first kappa shape index (κ1) is 41.5. The van der Waals surface area contributed by atoms with Gasteiger partial charge in [-0.05, 0) is 70.2 Å². The van der Waals surface area contributed by atoms with E-state index < -0.39 is 0 Å². The Morgan fingerprint density at radius 2 is 0.744 bits per heavy atom. The van der Waals surface area contributed by atoms with Crippen LogP contribution in [0.25, 0.3) is 0 Å². The van der Waals surface area contributed by atoms with Crippen molar-refractivity contribution in [3.05, 3.63) is 105 Å². The predicted molar refractivity (Wildman–Crippen MR) is 183 cm³/mol. The second-order valence-electron chi connectivity index (χ2n) is 14.8. The van der Waals surface area contributed by atoms with Crippen molar-refractivity contribution in [3.63, 3.8) is 0 Å². The fraction of sp³-hybridized carbons (Fsp3) is 0.474. The molecular formula is C38H52Cl2O2Zr. The summed E-state index contributed by atoms with van der Waals surface area (Å²) in [6.45, 7) is 27.0. The van der Waals surface area contributed by atoms with Crippen LogP contribution in [0.15, 0.2) is 83.0 Å². The number of aromatic hydroxyl groups is 2. The van der Waals surface area contributed by atoms with Gasteiger partial charge in [-0.1, -0.05) is 119 Å². The number of phenols is 2. The van der Waals surface area contributed by atoms with E-state index in [0.29, 0.717) is 10.0 Å². The molecule has 2 nitrogen and oxygen atoms in total. The van der Waals surface area contributed by atoms with Crippen molar-refractivity contribution >= 4 is 23.2 Å². The van der Waals surface area contributed by atoms with E-state index in [1.807, 2.05) is 0 Å². The Morgan fingerprint density at radius 1 is 0.488 bits per heavy atom. The Labute approximate surface area is 292 Å². The number of rotatable bonds is 0. The fourth-order valence-corrected chi connectivity index (χ4v) is 4.05. The van der Waals surface area contributed by atoms with E-state index in [2.05, 4.69) is 107 Å². The molecule has 0 amide bonds. The summed E-state index contributed by atoms with van der Waals surface area (Å²) in [6.07, 6.45) is 13.9. The Hall–Kier alpha value is -1.54. The number of phenolic OH excluding ortho intramolecular Hbond substituents is 2. The molecule has 0 spiro atoms. The van der Waals surface area contributed by atoms with Crippen LogP contribution in [-0.2, 0) is 26.2 Å². The molecule has 0 bridgehead atoms. The molecule has 234 valence electrons. The molecule has 2 N–H and O–H groups in total. The van der Waals surface area contributed by atoms with Gasteiger partial charge in [-0.3, -0.25) is 0 Å². The van der Waals surface area contributed by atoms with Crippen LogP contribution in [0.2, 0.25) is 10.0 Å². The maximum absolute atomic E-state index is 8.70. The summed E-state index contributed by atoms with van der Waals surface area (Å²) >= 11 is 11.0. The topological polar surface area (TPSA) is 40.5 Å². The van der Waals surface area contributed by atoms with Crippen molar-refractivity contribution in [2.24, 2.45) is 21.7 Å². The molecule has 0 saturated heterocycles. The summed E-state index contributed by atoms with van der Waals surface area (Å²) < 4.78 is 0. The average Bonchev–Trinajstić information content (AvgIpc) is 3.54. The van der Waals surface area contributed by atoms with Crippen molar-refractivity contribution in [1.29, 1.82) is 0 Å². The van der Waals surface area contributed by atoms with E-state index in [9.17, 15) is 0 Å². The normalized spacial score (nSPS) is 14.7. The minimum Gasteiger partial charge on any atom is -0.508 e. The van der Waals surface area contributed by atoms with Gasteiger partial charge >= 0.3 is 26.2 Å². The van der Waals surface area contributed by atoms with Crippen LogP contribution < -0.4 is 0 Å². The first-order valence-corrected chi connectivity index (χ1v) is 15.3. The zero-order valence-electron chi connectivity index (χ0n) is 28.3. The van der Waals surface area contributed by atoms with Gasteiger partial charge in [0, 0.05) is 10.0 Å². The van der Waals surface area contributed by atoms with Crippen LogP contribution in [0.1, 0.15) is 95.9 Å². The summed E-state index contributed by atoms with van der Waals surface area (Å²) in [4.78, 5) is 0. The van der Waals surface area contributed by atoms with Gasteiger partial charge in [0.05, 0.1) is 0 Å². The minimum absolute atomic E-state index is 0. The molecule has 0 saturated carbocycles. The van der Waals surface area contributed by atoms with Crippen LogP contribution in [0.3, 0.4) is 0 Å². The fourth-order valence-electron chi connectivity index (χ4n) is 3.79. The summed E-state index contributed by atoms with van der Waals surface area (Å²) in [5.41, 5.74) is 6.71. The quantitative estimate of drug-likeness (QED) is 0.268. The van der Waals surface area contributed by atoms with Crippen molar-refractivity contribution in [1.82, 2.24) is 0 Å². The minimum atomic E-state index is 0. The first-order chi connectivity index (χ1) is 19.0. The number of allylic oxidation sites excluding steroid dienone is 8. The zero-order valence-corrected chi connectivity index (χ0v) is 32.3. The van der Waals surface area contributed by atoms with E-state index >= 15 is 0 Å². The number of hydrogen-bond donors (Lipinski definition) is 2. The molecule has 0 fully saturated rings. The molecule has 2 aliphatic carbocycles. The Balaban J connectivity index is 0.000000556. The van der Waals surface area contributed by atoms with Gasteiger partial charge in [-0.25, -0.2) is 35.5 Å². The standard InChI is InChI=1S/2C13H21.2C6H5ClO.Zr/c2*1-12(2,3)10-7-8-11(9-10)13(4,5)6;2*7-5-1-3-6(8)4-2-5;/h2*7H,8H2,1-6H3;2*1-4,8H;/q2*-1;;;+2. The molecule has 43 heavy (non-hydrogen) atoms. The molecule has 2 aromatic rings. The molecule has 5 heteroatoms. The van der Waals surface area contributed by atoms with Crippen molar-refractivity contribution < 1.29 is 36.4 Å². The van der Waals surface area contributed by atoms with Crippen molar-refractivity contribution in [2.45, 2.75) is 95.9 Å². The molecule has 0 heterocycles. The summed E-state index contributed by atoms with van der Waals surface area (Å²) in [5.74, 6) is 0.490. The maximum atomic E-state index is 8.70. The second kappa shape index (κ2) is 17.2. The van der Waals surface area contributed by atoms with E-state index in [1.54, 1.807) is 48.5 Å². The summed E-state index contributed by atoms with van der Waals surface area (Å²) in [5, 5.41) is 18.7. The van der Waals surface area contributed by atoms with Gasteiger partial charge in [-0.2, -0.15) is 11.1 Å². The number of halogens is 2. The third-order valence-corrected chi connectivity index (χ3v) is 7.18. The average molecular weight is 703 g/mol. The van der Waals surface area contributed by atoms with Gasteiger partial charge in [0.2, 0.25) is 0 Å². The van der Waals surface area contributed by atoms with E-state index in [1.165, 1.54) is 22.3 Å². The smallest absolute Gasteiger partial charge is 0.508 e. The van der Waals surface area contributed by atoms with E-state index in [0.717, 1.165) is 12.8 Å². The SMILES string of the molecule is CC(C)(C)C1=[C-]C(C(C)(C)C)=CC1.CC(C)(C)C1=[C-]C(C(C)(C)C)=CC1.Oc1ccc(Cl)cc1.Oc1ccc(Cl)cc1.[Zr+2]. The van der Waals surface area contributed by atoms with Gasteiger partial charge in [0.1, 0.15) is 11.5 Å². The van der Waals surface area contributed by atoms with Crippen LogP contribution >= 0.6 is 23.2 Å². The van der Waals surface area contributed by atoms with Crippen LogP contribution in [0.5, 0.6) is 11.5 Å². The predicted octanol–water partition coefficient (Wildman–Crippen LogP) is 12.4. The van der Waals surface area contributed by atoms with Gasteiger partial charge in [0.25, 0.3) is 0 Å². The molecule has 2 aromatic carbocycles. The third-order valence-electron chi connectivity index (χ3n) is 6.67. The molecule has 4 rings (SSSR count). The monoisotopic (exact) mass is 700 g/mol. The maximum Gasteiger partial charge on any atom is 2.00 e.